The third-order valence-electron chi connectivity index (χ3n) is 5.20. The highest BCUT2D eigenvalue weighted by Crippen LogP contribution is 2.27. The molecular weight excluding hydrogens is 357 g/mol. The van der Waals surface area contributed by atoms with Gasteiger partial charge in [0.25, 0.3) is 0 Å². The van der Waals surface area contributed by atoms with Gasteiger partial charge in [-0.15, -0.1) is 0 Å². The Balaban J connectivity index is 1.53. The summed E-state index contributed by atoms with van der Waals surface area (Å²) < 4.78 is 18.8. The van der Waals surface area contributed by atoms with E-state index in [1.54, 1.807) is 13.2 Å². The second-order valence-electron chi connectivity index (χ2n) is 6.91. The van der Waals surface area contributed by atoms with Gasteiger partial charge in [0.05, 0.1) is 17.4 Å². The minimum Gasteiger partial charge on any atom is -0.375 e. The Bertz CT molecular complexity index is 843. The summed E-state index contributed by atoms with van der Waals surface area (Å²) in [7, 11) is 1.64. The summed E-state index contributed by atoms with van der Waals surface area (Å²) in [5.74, 6) is -0.464. The van der Waals surface area contributed by atoms with Gasteiger partial charge < -0.3 is 15.0 Å². The van der Waals surface area contributed by atoms with E-state index in [-0.39, 0.29) is 17.9 Å². The predicted molar refractivity (Wildman–Crippen MR) is 105 cm³/mol. The number of hydrogen-bond donors (Lipinski definition) is 1. The number of amides is 1. The summed E-state index contributed by atoms with van der Waals surface area (Å²) in [4.78, 5) is 14.6. The van der Waals surface area contributed by atoms with Crippen LogP contribution in [0.4, 0.5) is 10.1 Å². The topological polar surface area (TPSA) is 65.4 Å². The minimum atomic E-state index is -0.416. The van der Waals surface area contributed by atoms with Gasteiger partial charge in [0, 0.05) is 32.7 Å². The summed E-state index contributed by atoms with van der Waals surface area (Å²) in [5, 5.41) is 12.2. The van der Waals surface area contributed by atoms with Gasteiger partial charge in [-0.25, -0.2) is 4.39 Å². The van der Waals surface area contributed by atoms with Crippen LogP contribution in [0.25, 0.3) is 0 Å². The molecule has 1 aliphatic rings. The van der Waals surface area contributed by atoms with Crippen molar-refractivity contribution in [2.75, 3.05) is 31.6 Å². The molecule has 0 saturated carbocycles. The Labute approximate surface area is 164 Å². The molecule has 1 atom stereocenters. The van der Waals surface area contributed by atoms with Crippen LogP contribution < -0.4 is 10.2 Å². The van der Waals surface area contributed by atoms with Gasteiger partial charge in [-0.2, -0.15) is 5.26 Å². The van der Waals surface area contributed by atoms with Crippen molar-refractivity contribution in [1.82, 2.24) is 5.32 Å². The van der Waals surface area contributed by atoms with Crippen molar-refractivity contribution in [3.8, 4) is 6.07 Å². The van der Waals surface area contributed by atoms with Gasteiger partial charge in [0.2, 0.25) is 5.91 Å². The molecule has 6 heteroatoms. The number of rotatable bonds is 6. The maximum absolute atomic E-state index is 13.3. The van der Waals surface area contributed by atoms with E-state index in [9.17, 15) is 14.4 Å². The average Bonchev–Trinajstić information content (AvgIpc) is 2.75. The molecule has 5 nitrogen and oxygen atoms in total. The molecule has 1 heterocycles. The fraction of sp³-hybridized carbons (Fsp3) is 0.364. The standard InChI is InChI=1S/C22H24FN3O2/c1-28-21(16-5-3-2-4-6-16)15-25-22(27)17-9-11-26(12-10-17)20-8-7-19(23)13-18(20)14-24/h2-8,13,17,21H,9-12,15H2,1H3,(H,25,27). The Morgan fingerprint density at radius 3 is 2.64 bits per heavy atom. The Morgan fingerprint density at radius 2 is 2.00 bits per heavy atom. The SMILES string of the molecule is COC(CNC(=O)C1CCN(c2ccc(F)cc2C#N)CC1)c1ccccc1. The average molecular weight is 381 g/mol. The molecule has 28 heavy (non-hydrogen) atoms. The number of nitrogens with one attached hydrogen (secondary N) is 1. The van der Waals surface area contributed by atoms with Gasteiger partial charge in [0.15, 0.2) is 0 Å². The number of anilines is 1. The predicted octanol–water partition coefficient (Wildman–Crippen LogP) is 3.42. The monoisotopic (exact) mass is 381 g/mol. The Morgan fingerprint density at radius 1 is 1.29 bits per heavy atom. The highest BCUT2D eigenvalue weighted by molar-refractivity contribution is 5.79. The van der Waals surface area contributed by atoms with Crippen molar-refractivity contribution in [3.05, 3.63) is 65.5 Å². The lowest BCUT2D eigenvalue weighted by atomic mass is 9.95. The first-order valence-electron chi connectivity index (χ1n) is 9.42. The number of carbonyl (C=O) groups excluding carboxylic acids is 1. The molecule has 1 aliphatic heterocycles. The summed E-state index contributed by atoms with van der Waals surface area (Å²) >= 11 is 0. The number of ether oxygens (including phenoxy) is 1. The quantitative estimate of drug-likeness (QED) is 0.833. The number of hydrogen-bond acceptors (Lipinski definition) is 4. The molecule has 0 bridgehead atoms. The molecule has 1 saturated heterocycles. The van der Waals surface area contributed by atoms with Crippen LogP contribution in [0.15, 0.2) is 48.5 Å². The summed E-state index contributed by atoms with van der Waals surface area (Å²) in [6.45, 7) is 1.74. The van der Waals surface area contributed by atoms with E-state index in [4.69, 9.17) is 4.74 Å². The number of halogens is 1. The maximum Gasteiger partial charge on any atom is 0.223 e. The van der Waals surface area contributed by atoms with E-state index >= 15 is 0 Å². The van der Waals surface area contributed by atoms with E-state index in [1.165, 1.54) is 12.1 Å². The molecule has 0 spiro atoms. The van der Waals surface area contributed by atoms with E-state index in [1.807, 2.05) is 41.3 Å². The molecule has 1 fully saturated rings. The molecule has 1 unspecified atom stereocenters. The molecule has 0 radical (unpaired) electrons. The summed E-state index contributed by atoms with van der Waals surface area (Å²) in [5.41, 5.74) is 2.08. The lowest BCUT2D eigenvalue weighted by Gasteiger charge is -2.33. The van der Waals surface area contributed by atoms with Gasteiger partial charge in [-0.1, -0.05) is 30.3 Å². The van der Waals surface area contributed by atoms with E-state index in [0.29, 0.717) is 38.0 Å². The second kappa shape index (κ2) is 9.34. The number of benzene rings is 2. The second-order valence-corrected chi connectivity index (χ2v) is 6.91. The normalized spacial score (nSPS) is 15.7. The zero-order valence-electron chi connectivity index (χ0n) is 15.9. The Hall–Kier alpha value is -2.91. The van der Waals surface area contributed by atoms with Crippen LogP contribution in [0.5, 0.6) is 0 Å². The highest BCUT2D eigenvalue weighted by Gasteiger charge is 2.26. The third kappa shape index (κ3) is 4.68. The van der Waals surface area contributed by atoms with Crippen molar-refractivity contribution in [1.29, 1.82) is 5.26 Å². The molecule has 1 amide bonds. The van der Waals surface area contributed by atoms with Crippen molar-refractivity contribution >= 4 is 11.6 Å². The molecule has 0 aliphatic carbocycles. The molecular formula is C22H24FN3O2. The molecule has 1 N–H and O–H groups in total. The number of nitriles is 1. The summed E-state index contributed by atoms with van der Waals surface area (Å²) in [6, 6.07) is 16.1. The van der Waals surface area contributed by atoms with Crippen LogP contribution in [-0.2, 0) is 9.53 Å². The lowest BCUT2D eigenvalue weighted by molar-refractivity contribution is -0.126. The van der Waals surface area contributed by atoms with Crippen LogP contribution in [0.3, 0.4) is 0 Å². The number of methoxy groups -OCH3 is 1. The fourth-order valence-electron chi connectivity index (χ4n) is 3.60. The van der Waals surface area contributed by atoms with E-state index < -0.39 is 5.82 Å². The first-order chi connectivity index (χ1) is 13.6. The van der Waals surface area contributed by atoms with Crippen LogP contribution in [0, 0.1) is 23.1 Å². The van der Waals surface area contributed by atoms with Crippen molar-refractivity contribution < 1.29 is 13.9 Å². The molecule has 3 rings (SSSR count). The van der Waals surface area contributed by atoms with Gasteiger partial charge in [-0.05, 0) is 36.6 Å². The van der Waals surface area contributed by atoms with Gasteiger partial charge in [-0.3, -0.25) is 4.79 Å². The van der Waals surface area contributed by atoms with Gasteiger partial charge in [0.1, 0.15) is 11.9 Å². The number of nitrogens with zero attached hydrogens (tertiary/aromatic N) is 2. The first-order valence-corrected chi connectivity index (χ1v) is 9.42. The van der Waals surface area contributed by atoms with Crippen LogP contribution in [-0.4, -0.2) is 32.7 Å². The first kappa shape index (κ1) is 19.8. The van der Waals surface area contributed by atoms with Crippen LogP contribution in [0.2, 0.25) is 0 Å². The zero-order chi connectivity index (χ0) is 19.9. The smallest absolute Gasteiger partial charge is 0.223 e. The van der Waals surface area contributed by atoms with Gasteiger partial charge >= 0.3 is 0 Å². The molecule has 2 aromatic rings. The lowest BCUT2D eigenvalue weighted by Crippen LogP contribution is -2.41. The third-order valence-corrected chi connectivity index (χ3v) is 5.20. The van der Waals surface area contributed by atoms with Crippen molar-refractivity contribution in [2.45, 2.75) is 18.9 Å². The number of carbonyl (C=O) groups is 1. The zero-order valence-corrected chi connectivity index (χ0v) is 15.9. The minimum absolute atomic E-state index is 0.0252. The largest absolute Gasteiger partial charge is 0.375 e. The molecule has 0 aromatic heterocycles. The number of piperidine rings is 1. The van der Waals surface area contributed by atoms with Crippen LogP contribution in [0.1, 0.15) is 30.1 Å². The maximum atomic E-state index is 13.3. The molecule has 146 valence electrons. The van der Waals surface area contributed by atoms with Crippen molar-refractivity contribution in [3.63, 3.8) is 0 Å². The fourth-order valence-corrected chi connectivity index (χ4v) is 3.60. The van der Waals surface area contributed by atoms with Crippen molar-refractivity contribution in [2.24, 2.45) is 5.92 Å². The Kier molecular flexibility index (Phi) is 6.62. The molecule has 2 aromatic carbocycles. The highest BCUT2D eigenvalue weighted by atomic mass is 19.1. The van der Waals surface area contributed by atoms with E-state index in [2.05, 4.69) is 5.32 Å². The van der Waals surface area contributed by atoms with E-state index in [0.717, 1.165) is 11.3 Å². The summed E-state index contributed by atoms with van der Waals surface area (Å²) in [6.07, 6.45) is 1.20. The van der Waals surface area contributed by atoms with Crippen LogP contribution >= 0.6 is 0 Å².